The third-order valence-corrected chi connectivity index (χ3v) is 4.11. The second kappa shape index (κ2) is 6.58. The number of hydrogen-bond acceptors (Lipinski definition) is 6. The molecule has 0 radical (unpaired) electrons. The molecule has 2 aromatic rings. The second-order valence-electron chi connectivity index (χ2n) is 4.98. The van der Waals surface area contributed by atoms with E-state index in [0.29, 0.717) is 23.0 Å². The number of carbonyl (C=O) groups is 1. The standard InChI is InChI=1S/C15H19N3O2S/c1-9(2)14(19)15-11(16)6-13(21-15)18-8-10-4-5-12(20-3)17-7-10/h4-7,9,18H,8,16H2,1-3H3. The van der Waals surface area contributed by atoms with E-state index in [-0.39, 0.29) is 11.7 Å². The van der Waals surface area contributed by atoms with Crippen molar-refractivity contribution in [2.45, 2.75) is 20.4 Å². The summed E-state index contributed by atoms with van der Waals surface area (Å²) in [5.74, 6) is 0.616. The zero-order valence-corrected chi connectivity index (χ0v) is 13.2. The van der Waals surface area contributed by atoms with Crippen molar-refractivity contribution in [3.8, 4) is 5.88 Å². The van der Waals surface area contributed by atoms with E-state index >= 15 is 0 Å². The molecule has 0 bridgehead atoms. The van der Waals surface area contributed by atoms with Gasteiger partial charge in [-0.05, 0) is 11.6 Å². The second-order valence-corrected chi connectivity index (χ2v) is 6.03. The molecule has 5 nitrogen and oxygen atoms in total. The highest BCUT2D eigenvalue weighted by molar-refractivity contribution is 7.18. The molecular formula is C15H19N3O2S. The number of carbonyl (C=O) groups excluding carboxylic acids is 1. The van der Waals surface area contributed by atoms with Crippen LogP contribution in [-0.4, -0.2) is 17.9 Å². The summed E-state index contributed by atoms with van der Waals surface area (Å²) >= 11 is 1.39. The lowest BCUT2D eigenvalue weighted by atomic mass is 10.1. The van der Waals surface area contributed by atoms with Gasteiger partial charge >= 0.3 is 0 Å². The Morgan fingerprint density at radius 3 is 2.81 bits per heavy atom. The van der Waals surface area contributed by atoms with Crippen LogP contribution in [0.4, 0.5) is 10.7 Å². The number of nitrogens with zero attached hydrogens (tertiary/aromatic N) is 1. The molecule has 2 aromatic heterocycles. The van der Waals surface area contributed by atoms with Crippen LogP contribution in [-0.2, 0) is 6.54 Å². The molecule has 0 aromatic carbocycles. The fourth-order valence-corrected chi connectivity index (χ4v) is 2.84. The van der Waals surface area contributed by atoms with Crippen LogP contribution in [0.25, 0.3) is 0 Å². The van der Waals surface area contributed by atoms with Crippen molar-refractivity contribution in [2.24, 2.45) is 5.92 Å². The number of pyridine rings is 1. The first-order valence-electron chi connectivity index (χ1n) is 6.67. The number of rotatable bonds is 6. The highest BCUT2D eigenvalue weighted by Crippen LogP contribution is 2.31. The summed E-state index contributed by atoms with van der Waals surface area (Å²) < 4.78 is 5.02. The van der Waals surface area contributed by atoms with Crippen LogP contribution in [0.15, 0.2) is 24.4 Å². The summed E-state index contributed by atoms with van der Waals surface area (Å²) in [6.45, 7) is 4.36. The van der Waals surface area contributed by atoms with E-state index in [9.17, 15) is 4.79 Å². The Hall–Kier alpha value is -2.08. The van der Waals surface area contributed by atoms with Crippen molar-refractivity contribution in [1.29, 1.82) is 0 Å². The Balaban J connectivity index is 2.03. The van der Waals surface area contributed by atoms with E-state index in [1.807, 2.05) is 26.0 Å². The Kier molecular flexibility index (Phi) is 4.80. The smallest absolute Gasteiger partial charge is 0.212 e. The molecule has 0 saturated carbocycles. The molecule has 3 N–H and O–H groups in total. The van der Waals surface area contributed by atoms with Gasteiger partial charge in [-0.2, -0.15) is 0 Å². The fourth-order valence-electron chi connectivity index (χ4n) is 1.77. The van der Waals surface area contributed by atoms with E-state index in [1.54, 1.807) is 19.4 Å². The first-order chi connectivity index (χ1) is 10.0. The molecule has 0 atom stereocenters. The van der Waals surface area contributed by atoms with Crippen molar-refractivity contribution in [3.05, 3.63) is 34.8 Å². The maximum Gasteiger partial charge on any atom is 0.212 e. The van der Waals surface area contributed by atoms with Crippen molar-refractivity contribution in [3.63, 3.8) is 0 Å². The maximum atomic E-state index is 12.0. The zero-order valence-electron chi connectivity index (χ0n) is 12.3. The van der Waals surface area contributed by atoms with E-state index in [2.05, 4.69) is 10.3 Å². The number of Topliss-reactive ketones (excluding diaryl/α,β-unsaturated/α-hetero) is 1. The number of ether oxygens (including phenoxy) is 1. The predicted molar refractivity (Wildman–Crippen MR) is 86.0 cm³/mol. The van der Waals surface area contributed by atoms with Crippen LogP contribution >= 0.6 is 11.3 Å². The third kappa shape index (κ3) is 3.72. The van der Waals surface area contributed by atoms with Gasteiger partial charge in [0.1, 0.15) is 0 Å². The molecule has 6 heteroatoms. The number of nitrogens with one attached hydrogen (secondary N) is 1. The van der Waals surface area contributed by atoms with Crippen LogP contribution in [0.2, 0.25) is 0 Å². The molecule has 0 unspecified atom stereocenters. The van der Waals surface area contributed by atoms with Crippen LogP contribution in [0.1, 0.15) is 29.1 Å². The zero-order chi connectivity index (χ0) is 15.4. The van der Waals surface area contributed by atoms with Crippen LogP contribution < -0.4 is 15.8 Å². The van der Waals surface area contributed by atoms with Gasteiger partial charge in [-0.1, -0.05) is 19.9 Å². The summed E-state index contributed by atoms with van der Waals surface area (Å²) in [6.07, 6.45) is 1.75. The van der Waals surface area contributed by atoms with Gasteiger partial charge in [0.2, 0.25) is 5.88 Å². The Labute approximate surface area is 128 Å². The Bertz CT molecular complexity index is 620. The maximum absolute atomic E-state index is 12.0. The lowest BCUT2D eigenvalue weighted by molar-refractivity contribution is 0.0944. The van der Waals surface area contributed by atoms with E-state index in [4.69, 9.17) is 10.5 Å². The van der Waals surface area contributed by atoms with E-state index < -0.39 is 0 Å². The number of hydrogen-bond donors (Lipinski definition) is 2. The fraction of sp³-hybridized carbons (Fsp3) is 0.333. The number of ketones is 1. The molecule has 2 heterocycles. The summed E-state index contributed by atoms with van der Waals surface area (Å²) in [5.41, 5.74) is 7.47. The highest BCUT2D eigenvalue weighted by atomic mass is 32.1. The highest BCUT2D eigenvalue weighted by Gasteiger charge is 2.17. The van der Waals surface area contributed by atoms with Crippen molar-refractivity contribution in [1.82, 2.24) is 4.98 Å². The van der Waals surface area contributed by atoms with Gasteiger partial charge < -0.3 is 15.8 Å². The molecule has 0 aliphatic heterocycles. The normalized spacial score (nSPS) is 10.7. The molecule has 0 aliphatic carbocycles. The van der Waals surface area contributed by atoms with Crippen molar-refractivity contribution in [2.75, 3.05) is 18.2 Å². The first-order valence-corrected chi connectivity index (χ1v) is 7.49. The summed E-state index contributed by atoms with van der Waals surface area (Å²) in [6, 6.07) is 5.56. The van der Waals surface area contributed by atoms with Gasteiger partial charge in [-0.25, -0.2) is 4.98 Å². The summed E-state index contributed by atoms with van der Waals surface area (Å²) in [4.78, 5) is 16.8. The first kappa shape index (κ1) is 15.3. The minimum atomic E-state index is -0.0513. The minimum Gasteiger partial charge on any atom is -0.481 e. The van der Waals surface area contributed by atoms with Crippen LogP contribution in [0.3, 0.4) is 0 Å². The average molecular weight is 305 g/mol. The quantitative estimate of drug-likeness (QED) is 0.801. The number of anilines is 2. The third-order valence-electron chi connectivity index (χ3n) is 2.98. The monoisotopic (exact) mass is 305 g/mol. The number of methoxy groups -OCH3 is 1. The van der Waals surface area contributed by atoms with E-state index in [0.717, 1.165) is 10.6 Å². The molecule has 0 amide bonds. The molecule has 112 valence electrons. The minimum absolute atomic E-state index is 0.0513. The molecule has 0 aliphatic rings. The topological polar surface area (TPSA) is 77.2 Å². The lowest BCUT2D eigenvalue weighted by Gasteiger charge is -2.04. The molecule has 0 spiro atoms. The van der Waals surface area contributed by atoms with Gasteiger partial charge in [0.15, 0.2) is 5.78 Å². The van der Waals surface area contributed by atoms with Gasteiger partial charge in [-0.15, -0.1) is 11.3 Å². The summed E-state index contributed by atoms with van der Waals surface area (Å²) in [7, 11) is 1.59. The number of nitrogens with two attached hydrogens (primary N) is 1. The van der Waals surface area contributed by atoms with Crippen molar-refractivity contribution < 1.29 is 9.53 Å². The van der Waals surface area contributed by atoms with Crippen LogP contribution in [0.5, 0.6) is 5.88 Å². The number of aromatic nitrogens is 1. The summed E-state index contributed by atoms with van der Waals surface area (Å²) in [5, 5.41) is 4.14. The molecule has 2 rings (SSSR count). The van der Waals surface area contributed by atoms with Crippen LogP contribution in [0, 0.1) is 5.92 Å². The average Bonchev–Trinajstić information content (AvgIpc) is 2.85. The Morgan fingerprint density at radius 2 is 2.24 bits per heavy atom. The van der Waals surface area contributed by atoms with Gasteiger partial charge in [0, 0.05) is 24.7 Å². The Morgan fingerprint density at radius 1 is 1.48 bits per heavy atom. The molecule has 0 saturated heterocycles. The predicted octanol–water partition coefficient (Wildman–Crippen LogP) is 3.18. The van der Waals surface area contributed by atoms with E-state index in [1.165, 1.54) is 11.3 Å². The molecule has 21 heavy (non-hydrogen) atoms. The lowest BCUT2D eigenvalue weighted by Crippen LogP contribution is -2.07. The van der Waals surface area contributed by atoms with Crippen molar-refractivity contribution >= 4 is 27.8 Å². The van der Waals surface area contributed by atoms with Gasteiger partial charge in [-0.3, -0.25) is 4.79 Å². The molecule has 0 fully saturated rings. The largest absolute Gasteiger partial charge is 0.481 e. The number of nitrogen functional groups attached to an aromatic ring is 1. The van der Waals surface area contributed by atoms with Gasteiger partial charge in [0.25, 0.3) is 0 Å². The number of thiophene rings is 1. The molecular weight excluding hydrogens is 286 g/mol. The SMILES string of the molecule is COc1ccc(CNc2cc(N)c(C(=O)C(C)C)s2)cn1. The van der Waals surface area contributed by atoms with Gasteiger partial charge in [0.05, 0.1) is 22.7 Å².